The number of imide groups is 1. The van der Waals surface area contributed by atoms with Crippen LogP contribution in [0, 0.1) is 0 Å². The molecule has 0 aliphatic carbocycles. The number of rotatable bonds is 4. The first-order valence-corrected chi connectivity index (χ1v) is 6.15. The Morgan fingerprint density at radius 1 is 1.37 bits per heavy atom. The molecule has 1 aliphatic heterocycles. The summed E-state index contributed by atoms with van der Waals surface area (Å²) in [4.78, 5) is 34.5. The molecule has 7 nitrogen and oxygen atoms in total. The Bertz CT molecular complexity index is 552. The van der Waals surface area contributed by atoms with E-state index < -0.39 is 11.9 Å². The zero-order chi connectivity index (χ0) is 13.8. The molecule has 2 amide bonds. The van der Waals surface area contributed by atoms with Gasteiger partial charge < -0.3 is 5.11 Å². The monoisotopic (exact) mass is 265 g/mol. The minimum absolute atomic E-state index is 0.0409. The lowest BCUT2D eigenvalue weighted by Crippen LogP contribution is -2.45. The molecule has 0 spiro atoms. The van der Waals surface area contributed by atoms with Crippen LogP contribution in [0.4, 0.5) is 0 Å². The van der Waals surface area contributed by atoms with Crippen molar-refractivity contribution < 1.29 is 14.7 Å². The van der Waals surface area contributed by atoms with Crippen LogP contribution in [0.3, 0.4) is 0 Å². The highest BCUT2D eigenvalue weighted by atomic mass is 16.3. The molecule has 2 heterocycles. The number of nitrogens with zero attached hydrogens (tertiary/aromatic N) is 2. The van der Waals surface area contributed by atoms with Crippen molar-refractivity contribution in [2.24, 2.45) is 0 Å². The molecule has 0 radical (unpaired) electrons. The first-order chi connectivity index (χ1) is 9.11. The summed E-state index contributed by atoms with van der Waals surface area (Å²) in [7, 11) is 0. The fourth-order valence-corrected chi connectivity index (χ4v) is 2.00. The Balaban J connectivity index is 2.25. The number of aliphatic hydroxyl groups excluding tert-OH is 1. The first-order valence-electron chi connectivity index (χ1n) is 6.15. The van der Waals surface area contributed by atoms with Crippen molar-refractivity contribution in [3.8, 4) is 0 Å². The van der Waals surface area contributed by atoms with Crippen LogP contribution in [0.15, 0.2) is 16.9 Å². The lowest BCUT2D eigenvalue weighted by atomic mass is 10.1. The smallest absolute Gasteiger partial charge is 0.267 e. The Morgan fingerprint density at radius 2 is 2.16 bits per heavy atom. The van der Waals surface area contributed by atoms with Crippen molar-refractivity contribution in [1.82, 2.24) is 15.1 Å². The molecule has 1 aromatic rings. The number of aliphatic hydroxyl groups is 1. The summed E-state index contributed by atoms with van der Waals surface area (Å²) in [6.07, 6.45) is 1.55. The molecule has 2 N–H and O–H groups in total. The number of piperidine rings is 1. The van der Waals surface area contributed by atoms with Gasteiger partial charge in [0.05, 0.1) is 5.69 Å². The summed E-state index contributed by atoms with van der Waals surface area (Å²) >= 11 is 0. The Labute approximate surface area is 109 Å². The van der Waals surface area contributed by atoms with Gasteiger partial charge in [0.15, 0.2) is 0 Å². The first kappa shape index (κ1) is 13.4. The molecule has 19 heavy (non-hydrogen) atoms. The van der Waals surface area contributed by atoms with E-state index in [4.69, 9.17) is 5.11 Å². The molecule has 1 unspecified atom stereocenters. The number of hydrogen-bond acceptors (Lipinski definition) is 5. The number of hydrogen-bond donors (Lipinski definition) is 2. The second-order valence-corrected chi connectivity index (χ2v) is 4.40. The van der Waals surface area contributed by atoms with Gasteiger partial charge in [-0.15, -0.1) is 0 Å². The van der Waals surface area contributed by atoms with Gasteiger partial charge in [-0.1, -0.05) is 0 Å². The molecule has 2 rings (SSSR count). The number of nitrogens with one attached hydrogen (secondary N) is 1. The van der Waals surface area contributed by atoms with Crippen LogP contribution < -0.4 is 10.9 Å². The molecule has 1 saturated heterocycles. The van der Waals surface area contributed by atoms with Crippen molar-refractivity contribution >= 4 is 11.8 Å². The topological polar surface area (TPSA) is 101 Å². The maximum absolute atomic E-state index is 11.8. The van der Waals surface area contributed by atoms with E-state index in [1.165, 1.54) is 6.07 Å². The average molecular weight is 265 g/mol. The van der Waals surface area contributed by atoms with Crippen LogP contribution in [0.5, 0.6) is 0 Å². The number of aromatic nitrogens is 2. The normalized spacial score (nSPS) is 19.3. The number of amides is 2. The molecule has 0 saturated carbocycles. The predicted molar refractivity (Wildman–Crippen MR) is 65.3 cm³/mol. The zero-order valence-corrected chi connectivity index (χ0v) is 10.3. The predicted octanol–water partition coefficient (Wildman–Crippen LogP) is -0.854. The highest BCUT2D eigenvalue weighted by Gasteiger charge is 2.29. The fraction of sp³-hybridized carbons (Fsp3) is 0.500. The molecule has 1 atom stereocenters. The van der Waals surface area contributed by atoms with Crippen LogP contribution in [-0.4, -0.2) is 33.3 Å². The lowest BCUT2D eigenvalue weighted by molar-refractivity contribution is -0.136. The van der Waals surface area contributed by atoms with E-state index in [2.05, 4.69) is 10.4 Å². The van der Waals surface area contributed by atoms with Gasteiger partial charge >= 0.3 is 0 Å². The molecule has 102 valence electrons. The van der Waals surface area contributed by atoms with E-state index in [0.29, 0.717) is 18.5 Å². The summed E-state index contributed by atoms with van der Waals surface area (Å²) in [5, 5.41) is 15.1. The fourth-order valence-electron chi connectivity index (χ4n) is 2.00. The lowest BCUT2D eigenvalue weighted by Gasteiger charge is -2.21. The third-order valence-electron chi connectivity index (χ3n) is 2.98. The highest BCUT2D eigenvalue weighted by molar-refractivity contribution is 5.99. The molecular formula is C12H15N3O4. The van der Waals surface area contributed by atoms with Crippen LogP contribution in [0.25, 0.3) is 0 Å². The minimum Gasteiger partial charge on any atom is -0.396 e. The highest BCUT2D eigenvalue weighted by Crippen LogP contribution is 2.15. The van der Waals surface area contributed by atoms with Crippen LogP contribution in [0.2, 0.25) is 0 Å². The Kier molecular flexibility index (Phi) is 4.06. The van der Waals surface area contributed by atoms with Gasteiger partial charge in [-0.3, -0.25) is 19.7 Å². The summed E-state index contributed by atoms with van der Waals surface area (Å²) in [5.74, 6) is -0.823. The zero-order valence-electron chi connectivity index (χ0n) is 10.3. The second kappa shape index (κ2) is 5.75. The van der Waals surface area contributed by atoms with E-state index in [9.17, 15) is 14.4 Å². The third kappa shape index (κ3) is 3.05. The summed E-state index contributed by atoms with van der Waals surface area (Å²) in [5.41, 5.74) is 0.264. The van der Waals surface area contributed by atoms with Crippen molar-refractivity contribution in [2.75, 3.05) is 6.61 Å². The van der Waals surface area contributed by atoms with Crippen LogP contribution >= 0.6 is 0 Å². The Hall–Kier alpha value is -2.02. The number of carbonyl (C=O) groups excluding carboxylic acids is 2. The second-order valence-electron chi connectivity index (χ2n) is 4.40. The maximum atomic E-state index is 11.8. The Morgan fingerprint density at radius 3 is 2.84 bits per heavy atom. The van der Waals surface area contributed by atoms with E-state index >= 15 is 0 Å². The van der Waals surface area contributed by atoms with Gasteiger partial charge in [0.25, 0.3) is 11.5 Å². The summed E-state index contributed by atoms with van der Waals surface area (Å²) in [6.45, 7) is 0.0409. The van der Waals surface area contributed by atoms with Gasteiger partial charge in [0.2, 0.25) is 5.91 Å². The quantitative estimate of drug-likeness (QED) is 0.690. The average Bonchev–Trinajstić information content (AvgIpc) is 2.38. The number of aryl methyl sites for hydroxylation is 1. The van der Waals surface area contributed by atoms with E-state index in [0.717, 1.165) is 4.68 Å². The SMILES string of the molecule is O=C1CCC(n2nc(CCCO)ccc2=O)C(=O)N1. The minimum atomic E-state index is -0.737. The van der Waals surface area contributed by atoms with Gasteiger partial charge in [-0.25, -0.2) is 4.68 Å². The number of carbonyl (C=O) groups is 2. The van der Waals surface area contributed by atoms with Crippen LogP contribution in [0.1, 0.15) is 31.0 Å². The van der Waals surface area contributed by atoms with Crippen molar-refractivity contribution in [3.63, 3.8) is 0 Å². The largest absolute Gasteiger partial charge is 0.396 e. The molecule has 0 bridgehead atoms. The van der Waals surface area contributed by atoms with Gasteiger partial charge in [0, 0.05) is 19.1 Å². The summed E-state index contributed by atoms with van der Waals surface area (Å²) in [6, 6.07) is 2.20. The maximum Gasteiger partial charge on any atom is 0.267 e. The van der Waals surface area contributed by atoms with Crippen molar-refractivity contribution in [1.29, 1.82) is 0 Å². The molecule has 0 aromatic carbocycles. The summed E-state index contributed by atoms with van der Waals surface area (Å²) < 4.78 is 1.12. The molecule has 1 aliphatic rings. The van der Waals surface area contributed by atoms with E-state index in [1.807, 2.05) is 0 Å². The van der Waals surface area contributed by atoms with Crippen LogP contribution in [-0.2, 0) is 16.0 Å². The van der Waals surface area contributed by atoms with Gasteiger partial charge in [0.1, 0.15) is 6.04 Å². The molecule has 1 aromatic heterocycles. The van der Waals surface area contributed by atoms with E-state index in [-0.39, 0.29) is 30.9 Å². The van der Waals surface area contributed by atoms with Gasteiger partial charge in [-0.2, -0.15) is 5.10 Å². The van der Waals surface area contributed by atoms with Crippen molar-refractivity contribution in [2.45, 2.75) is 31.7 Å². The van der Waals surface area contributed by atoms with E-state index in [1.54, 1.807) is 6.07 Å². The standard InChI is InChI=1S/C12H15N3O4/c16-7-1-2-8-3-6-11(18)15(14-8)9-4-5-10(17)13-12(9)19/h3,6,9,16H,1-2,4-5,7H2,(H,13,17,19). The molecule has 1 fully saturated rings. The van der Waals surface area contributed by atoms with Crippen molar-refractivity contribution in [3.05, 3.63) is 28.2 Å². The van der Waals surface area contributed by atoms with Gasteiger partial charge in [-0.05, 0) is 25.3 Å². The molecular weight excluding hydrogens is 250 g/mol. The third-order valence-corrected chi connectivity index (χ3v) is 2.98. The molecule has 7 heteroatoms.